The number of hydrogen-bond acceptors (Lipinski definition) is 4. The van der Waals surface area contributed by atoms with Gasteiger partial charge in [0.1, 0.15) is 5.75 Å². The molecule has 0 bridgehead atoms. The van der Waals surface area contributed by atoms with E-state index in [0.717, 1.165) is 11.3 Å². The third-order valence-corrected chi connectivity index (χ3v) is 3.78. The summed E-state index contributed by atoms with van der Waals surface area (Å²) < 4.78 is 5.18. The Kier molecular flexibility index (Phi) is 6.15. The van der Waals surface area contributed by atoms with E-state index in [1.165, 1.54) is 0 Å². The summed E-state index contributed by atoms with van der Waals surface area (Å²) >= 11 is 0. The van der Waals surface area contributed by atoms with Crippen LogP contribution in [0.5, 0.6) is 5.75 Å². The lowest BCUT2D eigenvalue weighted by Gasteiger charge is -2.08. The van der Waals surface area contributed by atoms with Crippen LogP contribution < -0.4 is 15.8 Å². The van der Waals surface area contributed by atoms with Crippen molar-refractivity contribution in [2.24, 2.45) is 5.73 Å². The molecule has 2 amide bonds. The molecule has 3 N–H and O–H groups in total. The number of nitrogens with zero attached hydrogens (tertiary/aromatic N) is 1. The molecule has 2 aromatic carbocycles. The maximum Gasteiger partial charge on any atom is 0.255 e. The molecule has 0 saturated heterocycles. The van der Waals surface area contributed by atoms with E-state index < -0.39 is 5.91 Å². The molecule has 0 radical (unpaired) electrons. The second-order valence-electron chi connectivity index (χ2n) is 5.95. The Morgan fingerprint density at radius 3 is 2.54 bits per heavy atom. The first-order chi connectivity index (χ1) is 13.6. The minimum atomic E-state index is -0.557. The molecule has 0 spiro atoms. The molecular weight excluding hydrogens is 354 g/mol. The molecule has 3 rings (SSSR count). The van der Waals surface area contributed by atoms with Gasteiger partial charge in [-0.15, -0.1) is 0 Å². The Morgan fingerprint density at radius 2 is 1.82 bits per heavy atom. The first-order valence-electron chi connectivity index (χ1n) is 8.62. The Balaban J connectivity index is 1.64. The number of carbonyl (C=O) groups excluding carboxylic acids is 2. The first-order valence-corrected chi connectivity index (χ1v) is 8.62. The number of amides is 2. The quantitative estimate of drug-likeness (QED) is 0.664. The van der Waals surface area contributed by atoms with Crippen molar-refractivity contribution in [1.82, 2.24) is 4.98 Å². The van der Waals surface area contributed by atoms with Gasteiger partial charge in [-0.05, 0) is 60.2 Å². The minimum Gasteiger partial charge on any atom is -0.484 e. The highest BCUT2D eigenvalue weighted by Gasteiger charge is 2.07. The summed E-state index contributed by atoms with van der Waals surface area (Å²) in [6.07, 6.45) is 5.58. The Hall–Kier alpha value is -3.93. The van der Waals surface area contributed by atoms with E-state index in [4.69, 9.17) is 10.5 Å². The lowest BCUT2D eigenvalue weighted by molar-refractivity contribution is -0.119. The lowest BCUT2D eigenvalue weighted by Crippen LogP contribution is -2.20. The number of anilines is 1. The van der Waals surface area contributed by atoms with Crippen molar-refractivity contribution < 1.29 is 14.3 Å². The Bertz CT molecular complexity index is 983. The molecule has 6 nitrogen and oxygen atoms in total. The number of hydrogen-bond donors (Lipinski definition) is 2. The van der Waals surface area contributed by atoms with Crippen LogP contribution in [0.3, 0.4) is 0 Å². The van der Waals surface area contributed by atoms with Crippen LogP contribution >= 0.6 is 0 Å². The van der Waals surface area contributed by atoms with Crippen molar-refractivity contribution in [1.29, 1.82) is 0 Å². The van der Waals surface area contributed by atoms with Gasteiger partial charge in [-0.25, -0.2) is 0 Å². The maximum absolute atomic E-state index is 12.4. The van der Waals surface area contributed by atoms with Gasteiger partial charge in [-0.1, -0.05) is 24.3 Å². The smallest absolute Gasteiger partial charge is 0.255 e. The second kappa shape index (κ2) is 9.14. The number of pyridine rings is 1. The van der Waals surface area contributed by atoms with Crippen LogP contribution in [-0.2, 0) is 4.79 Å². The van der Waals surface area contributed by atoms with E-state index in [9.17, 15) is 9.59 Å². The molecule has 0 saturated carbocycles. The Labute approximate surface area is 162 Å². The average Bonchev–Trinajstić information content (AvgIpc) is 2.72. The van der Waals surface area contributed by atoms with Gasteiger partial charge in [0.2, 0.25) is 0 Å². The number of primary amides is 1. The fourth-order valence-electron chi connectivity index (χ4n) is 2.44. The van der Waals surface area contributed by atoms with E-state index in [-0.39, 0.29) is 12.5 Å². The highest BCUT2D eigenvalue weighted by Crippen LogP contribution is 2.16. The van der Waals surface area contributed by atoms with Crippen molar-refractivity contribution >= 4 is 29.7 Å². The fourth-order valence-corrected chi connectivity index (χ4v) is 2.44. The van der Waals surface area contributed by atoms with Gasteiger partial charge in [-0.3, -0.25) is 14.6 Å². The number of aromatic nitrogens is 1. The minimum absolute atomic E-state index is 0.204. The van der Waals surface area contributed by atoms with Crippen molar-refractivity contribution in [3.8, 4) is 5.75 Å². The molecule has 1 heterocycles. The van der Waals surface area contributed by atoms with Crippen LogP contribution in [0.25, 0.3) is 12.2 Å². The van der Waals surface area contributed by atoms with E-state index in [0.29, 0.717) is 17.0 Å². The normalized spacial score (nSPS) is 10.6. The van der Waals surface area contributed by atoms with Gasteiger partial charge in [0.15, 0.2) is 6.61 Å². The van der Waals surface area contributed by atoms with E-state index in [1.807, 2.05) is 54.6 Å². The molecule has 28 heavy (non-hydrogen) atoms. The lowest BCUT2D eigenvalue weighted by atomic mass is 10.1. The van der Waals surface area contributed by atoms with E-state index in [1.54, 1.807) is 30.5 Å². The molecular formula is C22H19N3O3. The standard InChI is InChI=1S/C22H19N3O3/c23-21(26)15-28-20-11-8-17(9-12-20)22(27)25-19-6-3-4-16(14-19)7-10-18-5-1-2-13-24-18/h1-14H,15H2,(H2,23,26)(H,25,27)/b10-7+. The van der Waals surface area contributed by atoms with E-state index >= 15 is 0 Å². The third kappa shape index (κ3) is 5.54. The molecule has 1 aromatic heterocycles. The van der Waals surface area contributed by atoms with Gasteiger partial charge in [0.25, 0.3) is 11.8 Å². The number of ether oxygens (including phenoxy) is 1. The molecule has 0 unspecified atom stereocenters. The highest BCUT2D eigenvalue weighted by atomic mass is 16.5. The molecule has 140 valence electrons. The summed E-state index contributed by atoms with van der Waals surface area (Å²) in [6, 6.07) is 19.7. The fraction of sp³-hybridized carbons (Fsp3) is 0.0455. The van der Waals surface area contributed by atoms with Crippen LogP contribution in [0.1, 0.15) is 21.6 Å². The van der Waals surface area contributed by atoms with Crippen molar-refractivity contribution in [2.75, 3.05) is 11.9 Å². The summed E-state index contributed by atoms with van der Waals surface area (Å²) in [5.41, 5.74) is 7.99. The molecule has 0 aliphatic carbocycles. The summed E-state index contributed by atoms with van der Waals surface area (Å²) in [4.78, 5) is 27.4. The predicted octanol–water partition coefficient (Wildman–Crippen LogP) is 3.37. The van der Waals surface area contributed by atoms with Crippen LogP contribution in [-0.4, -0.2) is 23.4 Å². The van der Waals surface area contributed by atoms with Gasteiger partial charge in [-0.2, -0.15) is 0 Å². The SMILES string of the molecule is NC(=O)COc1ccc(C(=O)Nc2cccc(/C=C/c3ccccn3)c2)cc1. The number of benzene rings is 2. The molecule has 0 fully saturated rings. The zero-order valence-electron chi connectivity index (χ0n) is 15.0. The van der Waals surface area contributed by atoms with Crippen LogP contribution in [0, 0.1) is 0 Å². The average molecular weight is 373 g/mol. The topological polar surface area (TPSA) is 94.3 Å². The highest BCUT2D eigenvalue weighted by molar-refractivity contribution is 6.04. The largest absolute Gasteiger partial charge is 0.484 e. The second-order valence-corrected chi connectivity index (χ2v) is 5.95. The molecule has 0 atom stereocenters. The van der Waals surface area contributed by atoms with Crippen molar-refractivity contribution in [3.05, 3.63) is 89.7 Å². The van der Waals surface area contributed by atoms with Crippen molar-refractivity contribution in [2.45, 2.75) is 0 Å². The first kappa shape index (κ1) is 18.8. The number of nitrogens with two attached hydrogens (primary N) is 1. The monoisotopic (exact) mass is 373 g/mol. The molecule has 0 aliphatic rings. The molecule has 6 heteroatoms. The molecule has 0 aliphatic heterocycles. The molecule has 3 aromatic rings. The van der Waals surface area contributed by atoms with Gasteiger partial charge in [0, 0.05) is 17.4 Å². The number of rotatable bonds is 7. The summed E-state index contributed by atoms with van der Waals surface area (Å²) in [5, 5.41) is 2.86. The van der Waals surface area contributed by atoms with Crippen LogP contribution in [0.15, 0.2) is 72.9 Å². The van der Waals surface area contributed by atoms with E-state index in [2.05, 4.69) is 10.3 Å². The number of nitrogens with one attached hydrogen (secondary N) is 1. The zero-order valence-corrected chi connectivity index (χ0v) is 15.0. The summed E-state index contributed by atoms with van der Waals surface area (Å²) in [7, 11) is 0. The number of carbonyl (C=O) groups is 2. The predicted molar refractivity (Wildman–Crippen MR) is 109 cm³/mol. The van der Waals surface area contributed by atoms with Gasteiger partial charge < -0.3 is 15.8 Å². The van der Waals surface area contributed by atoms with Gasteiger partial charge >= 0.3 is 0 Å². The maximum atomic E-state index is 12.4. The zero-order chi connectivity index (χ0) is 19.8. The van der Waals surface area contributed by atoms with Crippen molar-refractivity contribution in [3.63, 3.8) is 0 Å². The summed E-state index contributed by atoms with van der Waals surface area (Å²) in [6.45, 7) is -0.204. The Morgan fingerprint density at radius 1 is 1.00 bits per heavy atom. The summed E-state index contributed by atoms with van der Waals surface area (Å²) in [5.74, 6) is -0.330. The van der Waals surface area contributed by atoms with Gasteiger partial charge in [0.05, 0.1) is 5.69 Å². The third-order valence-electron chi connectivity index (χ3n) is 3.78. The van der Waals surface area contributed by atoms with Crippen LogP contribution in [0.4, 0.5) is 5.69 Å². The van der Waals surface area contributed by atoms with Crippen LogP contribution in [0.2, 0.25) is 0 Å².